The molecule has 0 heterocycles. The summed E-state index contributed by atoms with van der Waals surface area (Å²) >= 11 is 0. The third-order valence-corrected chi connectivity index (χ3v) is 8.46. The van der Waals surface area contributed by atoms with Crippen LogP contribution in [0.5, 0.6) is 0 Å². The Morgan fingerprint density at radius 2 is 0.690 bits per heavy atom. The van der Waals surface area contributed by atoms with E-state index in [0.717, 1.165) is 35.5 Å². The van der Waals surface area contributed by atoms with Gasteiger partial charge in [-0.1, -0.05) is 137 Å². The summed E-state index contributed by atoms with van der Waals surface area (Å²) in [5.74, 6) is 6.25. The predicted molar refractivity (Wildman–Crippen MR) is 131 cm³/mol. The summed E-state index contributed by atoms with van der Waals surface area (Å²) in [6.07, 6.45) is 28.6. The molecule has 0 N–H and O–H groups in total. The Morgan fingerprint density at radius 1 is 0.310 bits per heavy atom. The van der Waals surface area contributed by atoms with Crippen LogP contribution >= 0.6 is 0 Å². The first-order valence-corrected chi connectivity index (χ1v) is 14.0. The van der Waals surface area contributed by atoms with Crippen molar-refractivity contribution in [2.45, 2.75) is 150 Å². The lowest BCUT2D eigenvalue weighted by Crippen LogP contribution is -2.22. The molecule has 0 aromatic heterocycles. The first-order chi connectivity index (χ1) is 14.0. The molecule has 0 amide bonds. The molecule has 4 saturated carbocycles. The van der Waals surface area contributed by atoms with E-state index in [2.05, 4.69) is 27.7 Å². The quantitative estimate of drug-likeness (QED) is 0.407. The van der Waals surface area contributed by atoms with Gasteiger partial charge in [-0.15, -0.1) is 0 Å². The van der Waals surface area contributed by atoms with Crippen LogP contribution in [0.4, 0.5) is 0 Å². The Morgan fingerprint density at radius 3 is 1.21 bits per heavy atom. The fraction of sp³-hybridized carbons (Fsp3) is 1.00. The van der Waals surface area contributed by atoms with Crippen molar-refractivity contribution >= 4 is 0 Å². The lowest BCUT2D eigenvalue weighted by atomic mass is 9.72. The molecule has 0 radical (unpaired) electrons. The third-order valence-electron chi connectivity index (χ3n) is 8.46. The zero-order chi connectivity index (χ0) is 20.9. The van der Waals surface area contributed by atoms with E-state index in [0.29, 0.717) is 0 Å². The van der Waals surface area contributed by atoms with Crippen LogP contribution in [0.3, 0.4) is 0 Å². The van der Waals surface area contributed by atoms with Gasteiger partial charge in [-0.2, -0.15) is 0 Å². The summed E-state index contributed by atoms with van der Waals surface area (Å²) in [5, 5.41) is 0. The number of rotatable bonds is 1. The minimum Gasteiger partial charge on any atom is -0.0625 e. The predicted octanol–water partition coefficient (Wildman–Crippen LogP) is 10.2. The van der Waals surface area contributed by atoms with E-state index in [-0.39, 0.29) is 0 Å². The highest BCUT2D eigenvalue weighted by Gasteiger charge is 2.26. The SMILES string of the molecule is CC1CC1.CC1CCC(C)CC(C2CCCCCCC2)CC1.CC1CCCCC1. The molecule has 0 aliphatic heterocycles. The standard InChI is InChI=1S/C18H34.C7H14.C4H8/c1-15-10-11-16(2)14-18(13-12-15)17-8-6-4-3-5-7-9-17;1-7-5-3-2-4-6-7;1-4-2-3-4/h15-18H,3-14H2,1-2H3;7H,2-6H2,1H3;4H,2-3H2,1H3. The van der Waals surface area contributed by atoms with Crippen LogP contribution in [0.2, 0.25) is 0 Å². The normalized spacial score (nSPS) is 32.9. The van der Waals surface area contributed by atoms with Crippen molar-refractivity contribution in [2.24, 2.45) is 35.5 Å². The van der Waals surface area contributed by atoms with Crippen LogP contribution in [0.25, 0.3) is 0 Å². The van der Waals surface area contributed by atoms with E-state index in [1.807, 2.05) is 0 Å². The Kier molecular flexibility index (Phi) is 13.0. The molecule has 3 unspecified atom stereocenters. The van der Waals surface area contributed by atoms with Crippen LogP contribution < -0.4 is 0 Å². The highest BCUT2D eigenvalue weighted by molar-refractivity contribution is 4.77. The van der Waals surface area contributed by atoms with Crippen molar-refractivity contribution in [3.8, 4) is 0 Å². The van der Waals surface area contributed by atoms with Crippen molar-refractivity contribution in [1.29, 1.82) is 0 Å². The Bertz CT molecular complexity index is 367. The fourth-order valence-electron chi connectivity index (χ4n) is 5.83. The second-order valence-electron chi connectivity index (χ2n) is 11.9. The summed E-state index contributed by atoms with van der Waals surface area (Å²) in [6, 6.07) is 0. The maximum atomic E-state index is 2.51. The fourth-order valence-corrected chi connectivity index (χ4v) is 5.83. The van der Waals surface area contributed by atoms with Gasteiger partial charge in [0.2, 0.25) is 0 Å². The van der Waals surface area contributed by atoms with Crippen molar-refractivity contribution in [3.63, 3.8) is 0 Å². The average molecular weight is 405 g/mol. The molecule has 4 fully saturated rings. The van der Waals surface area contributed by atoms with Gasteiger partial charge in [-0.25, -0.2) is 0 Å². The van der Waals surface area contributed by atoms with Crippen LogP contribution in [0.15, 0.2) is 0 Å². The Hall–Kier alpha value is 0. The van der Waals surface area contributed by atoms with Gasteiger partial charge >= 0.3 is 0 Å². The summed E-state index contributed by atoms with van der Waals surface area (Å²) in [7, 11) is 0. The molecule has 4 aliphatic rings. The van der Waals surface area contributed by atoms with Crippen LogP contribution in [-0.4, -0.2) is 0 Å². The van der Waals surface area contributed by atoms with Crippen molar-refractivity contribution in [3.05, 3.63) is 0 Å². The summed E-state index contributed by atoms with van der Waals surface area (Å²) in [5.41, 5.74) is 0. The maximum absolute atomic E-state index is 2.51. The van der Waals surface area contributed by atoms with Gasteiger partial charge in [-0.3, -0.25) is 0 Å². The van der Waals surface area contributed by atoms with Gasteiger partial charge in [0.1, 0.15) is 0 Å². The van der Waals surface area contributed by atoms with E-state index in [4.69, 9.17) is 0 Å². The summed E-state index contributed by atoms with van der Waals surface area (Å²) < 4.78 is 0. The van der Waals surface area contributed by atoms with Gasteiger partial charge in [0, 0.05) is 0 Å². The summed E-state index contributed by atoms with van der Waals surface area (Å²) in [6.45, 7) is 9.63. The number of hydrogen-bond donors (Lipinski definition) is 0. The smallest absolute Gasteiger partial charge is 0.0383 e. The van der Waals surface area contributed by atoms with E-state index in [1.54, 1.807) is 12.8 Å². The molecule has 3 atom stereocenters. The van der Waals surface area contributed by atoms with Gasteiger partial charge in [-0.05, 0) is 48.3 Å². The molecule has 0 aromatic rings. The lowest BCUT2D eigenvalue weighted by Gasteiger charge is -2.33. The lowest BCUT2D eigenvalue weighted by molar-refractivity contribution is 0.180. The second-order valence-corrected chi connectivity index (χ2v) is 11.9. The molecular formula is C29H56. The highest BCUT2D eigenvalue weighted by atomic mass is 14.3. The average Bonchev–Trinajstić information content (AvgIpc) is 3.46. The van der Waals surface area contributed by atoms with E-state index < -0.39 is 0 Å². The van der Waals surface area contributed by atoms with Crippen molar-refractivity contribution in [1.82, 2.24) is 0 Å². The molecule has 4 aliphatic carbocycles. The topological polar surface area (TPSA) is 0 Å². The minimum atomic E-state index is 0.989. The molecule has 0 saturated heterocycles. The monoisotopic (exact) mass is 404 g/mol. The van der Waals surface area contributed by atoms with E-state index in [1.165, 1.54) is 109 Å². The largest absolute Gasteiger partial charge is 0.0625 e. The minimum absolute atomic E-state index is 0.989. The molecule has 0 heteroatoms. The third kappa shape index (κ3) is 12.4. The van der Waals surface area contributed by atoms with E-state index >= 15 is 0 Å². The molecule has 172 valence electrons. The molecular weight excluding hydrogens is 348 g/mol. The zero-order valence-corrected chi connectivity index (χ0v) is 20.9. The van der Waals surface area contributed by atoms with E-state index in [9.17, 15) is 0 Å². The Labute approximate surface area is 185 Å². The van der Waals surface area contributed by atoms with Crippen LogP contribution in [-0.2, 0) is 0 Å². The Balaban J connectivity index is 0.000000221. The van der Waals surface area contributed by atoms with Crippen molar-refractivity contribution in [2.75, 3.05) is 0 Å². The first-order valence-electron chi connectivity index (χ1n) is 14.0. The maximum Gasteiger partial charge on any atom is -0.0383 e. The summed E-state index contributed by atoms with van der Waals surface area (Å²) in [4.78, 5) is 0. The first kappa shape index (κ1) is 25.3. The van der Waals surface area contributed by atoms with Crippen molar-refractivity contribution < 1.29 is 0 Å². The van der Waals surface area contributed by atoms with Crippen LogP contribution in [0, 0.1) is 35.5 Å². The molecule has 0 spiro atoms. The van der Waals surface area contributed by atoms with Gasteiger partial charge < -0.3 is 0 Å². The molecule has 0 nitrogen and oxygen atoms in total. The van der Waals surface area contributed by atoms with Gasteiger partial charge in [0.05, 0.1) is 0 Å². The zero-order valence-electron chi connectivity index (χ0n) is 20.9. The van der Waals surface area contributed by atoms with Gasteiger partial charge in [0.25, 0.3) is 0 Å². The molecule has 4 rings (SSSR count). The molecule has 0 aromatic carbocycles. The highest BCUT2D eigenvalue weighted by Crippen LogP contribution is 2.38. The molecule has 0 bridgehead atoms. The van der Waals surface area contributed by atoms with Gasteiger partial charge in [0.15, 0.2) is 0 Å². The molecule has 29 heavy (non-hydrogen) atoms. The van der Waals surface area contributed by atoms with Crippen LogP contribution in [0.1, 0.15) is 150 Å². The number of hydrogen-bond acceptors (Lipinski definition) is 0. The second kappa shape index (κ2) is 14.9.